The van der Waals surface area contributed by atoms with Crippen molar-refractivity contribution in [1.82, 2.24) is 19.8 Å². The number of carbonyl (C=O) groups excluding carboxylic acids is 1. The summed E-state index contributed by atoms with van der Waals surface area (Å²) in [7, 11) is 0. The van der Waals surface area contributed by atoms with Gasteiger partial charge in [0.25, 0.3) is 0 Å². The quantitative estimate of drug-likeness (QED) is 0.881. The van der Waals surface area contributed by atoms with E-state index in [0.29, 0.717) is 12.5 Å². The van der Waals surface area contributed by atoms with E-state index in [2.05, 4.69) is 46.4 Å². The summed E-state index contributed by atoms with van der Waals surface area (Å²) in [4.78, 5) is 19.1. The van der Waals surface area contributed by atoms with Crippen LogP contribution in [0.2, 0.25) is 0 Å². The van der Waals surface area contributed by atoms with Crippen LogP contribution in [0.1, 0.15) is 42.8 Å². The zero-order valence-electron chi connectivity index (χ0n) is 16.1. The SMILES string of the molecule is O=C(NCCc1cn2c(n1)CCCC2)N1CCC(Cc2ccccc2)CC1. The number of likely N-dealkylation sites (tertiary alicyclic amines) is 1. The first-order valence-corrected chi connectivity index (χ1v) is 10.4. The molecule has 2 aliphatic heterocycles. The number of nitrogens with one attached hydrogen (secondary N) is 1. The highest BCUT2D eigenvalue weighted by molar-refractivity contribution is 5.74. The Morgan fingerprint density at radius 3 is 2.70 bits per heavy atom. The summed E-state index contributed by atoms with van der Waals surface area (Å²) in [6.07, 6.45) is 9.87. The van der Waals surface area contributed by atoms with Crippen molar-refractivity contribution in [2.45, 2.75) is 51.5 Å². The Morgan fingerprint density at radius 2 is 1.93 bits per heavy atom. The minimum Gasteiger partial charge on any atom is -0.338 e. The first kappa shape index (κ1) is 18.1. The standard InChI is InChI=1S/C22H30N4O/c27-22(23-12-9-20-17-26-13-5-4-8-21(26)24-20)25-14-10-19(11-15-25)16-18-6-2-1-3-7-18/h1-3,6-7,17,19H,4-5,8-16H2,(H,23,27). The van der Waals surface area contributed by atoms with E-state index >= 15 is 0 Å². The van der Waals surface area contributed by atoms with Crippen LogP contribution < -0.4 is 5.32 Å². The highest BCUT2D eigenvalue weighted by Crippen LogP contribution is 2.21. The summed E-state index contributed by atoms with van der Waals surface area (Å²) in [5.74, 6) is 1.90. The van der Waals surface area contributed by atoms with Crippen molar-refractivity contribution < 1.29 is 4.79 Å². The molecule has 5 nitrogen and oxygen atoms in total. The number of benzene rings is 1. The Hall–Kier alpha value is -2.30. The van der Waals surface area contributed by atoms with Crippen molar-refractivity contribution in [2.24, 2.45) is 5.92 Å². The molecule has 1 aromatic carbocycles. The van der Waals surface area contributed by atoms with Gasteiger partial charge in [0, 0.05) is 45.2 Å². The number of hydrogen-bond donors (Lipinski definition) is 1. The van der Waals surface area contributed by atoms with Crippen molar-refractivity contribution in [3.05, 3.63) is 53.6 Å². The average molecular weight is 367 g/mol. The Balaban J connectivity index is 1.18. The van der Waals surface area contributed by atoms with Gasteiger partial charge in [-0.15, -0.1) is 0 Å². The van der Waals surface area contributed by atoms with Crippen molar-refractivity contribution >= 4 is 6.03 Å². The summed E-state index contributed by atoms with van der Waals surface area (Å²) < 4.78 is 2.28. The van der Waals surface area contributed by atoms with Gasteiger partial charge in [-0.25, -0.2) is 9.78 Å². The zero-order chi connectivity index (χ0) is 18.5. The molecule has 27 heavy (non-hydrogen) atoms. The number of amides is 2. The molecule has 5 heteroatoms. The van der Waals surface area contributed by atoms with Crippen LogP contribution in [0.25, 0.3) is 0 Å². The first-order chi connectivity index (χ1) is 13.3. The Morgan fingerprint density at radius 1 is 1.11 bits per heavy atom. The molecule has 2 aromatic rings. The summed E-state index contributed by atoms with van der Waals surface area (Å²) in [5.41, 5.74) is 2.51. The van der Waals surface area contributed by atoms with E-state index in [0.717, 1.165) is 57.4 Å². The normalized spacial score (nSPS) is 17.6. The smallest absolute Gasteiger partial charge is 0.317 e. The largest absolute Gasteiger partial charge is 0.338 e. The maximum atomic E-state index is 12.4. The Kier molecular flexibility index (Phi) is 5.75. The van der Waals surface area contributed by atoms with Crippen LogP contribution in [0.3, 0.4) is 0 Å². The highest BCUT2D eigenvalue weighted by atomic mass is 16.2. The van der Waals surface area contributed by atoms with E-state index in [1.165, 1.54) is 24.2 Å². The number of fused-ring (bicyclic) bond motifs is 1. The molecule has 4 rings (SSSR count). The van der Waals surface area contributed by atoms with Gasteiger partial charge in [0.1, 0.15) is 5.82 Å². The molecule has 144 valence electrons. The third-order valence-electron chi connectivity index (χ3n) is 5.88. The van der Waals surface area contributed by atoms with Crippen molar-refractivity contribution in [1.29, 1.82) is 0 Å². The number of aromatic nitrogens is 2. The molecule has 0 saturated carbocycles. The van der Waals surface area contributed by atoms with Gasteiger partial charge in [0.2, 0.25) is 0 Å². The van der Waals surface area contributed by atoms with E-state index < -0.39 is 0 Å². The van der Waals surface area contributed by atoms with Gasteiger partial charge in [-0.1, -0.05) is 30.3 Å². The number of imidazole rings is 1. The molecule has 1 saturated heterocycles. The van der Waals surface area contributed by atoms with Gasteiger partial charge in [0.05, 0.1) is 5.69 Å². The third-order valence-corrected chi connectivity index (χ3v) is 5.88. The Labute approximate surface area is 161 Å². The third kappa shape index (κ3) is 4.71. The van der Waals surface area contributed by atoms with E-state index in [-0.39, 0.29) is 6.03 Å². The lowest BCUT2D eigenvalue weighted by molar-refractivity contribution is 0.170. The lowest BCUT2D eigenvalue weighted by Crippen LogP contribution is -2.45. The lowest BCUT2D eigenvalue weighted by atomic mass is 9.90. The van der Waals surface area contributed by atoms with Crippen LogP contribution in [-0.2, 0) is 25.8 Å². The molecule has 1 N–H and O–H groups in total. The van der Waals surface area contributed by atoms with Gasteiger partial charge in [-0.2, -0.15) is 0 Å². The van der Waals surface area contributed by atoms with Gasteiger partial charge >= 0.3 is 6.03 Å². The number of rotatable bonds is 5. The van der Waals surface area contributed by atoms with Gasteiger partial charge < -0.3 is 14.8 Å². The Bertz CT molecular complexity index is 723. The van der Waals surface area contributed by atoms with Crippen molar-refractivity contribution in [2.75, 3.05) is 19.6 Å². The summed E-state index contributed by atoms with van der Waals surface area (Å²) in [5, 5.41) is 3.08. The van der Waals surface area contributed by atoms with Crippen LogP contribution in [0.5, 0.6) is 0 Å². The molecular formula is C22H30N4O. The summed E-state index contributed by atoms with van der Waals surface area (Å²) >= 11 is 0. The minimum atomic E-state index is 0.0807. The van der Waals surface area contributed by atoms with Crippen molar-refractivity contribution in [3.63, 3.8) is 0 Å². The fourth-order valence-corrected chi connectivity index (χ4v) is 4.29. The van der Waals surface area contributed by atoms with Gasteiger partial charge in [-0.05, 0) is 43.6 Å². The first-order valence-electron chi connectivity index (χ1n) is 10.4. The van der Waals surface area contributed by atoms with E-state index in [1.54, 1.807) is 0 Å². The van der Waals surface area contributed by atoms with Gasteiger partial charge in [0.15, 0.2) is 0 Å². The van der Waals surface area contributed by atoms with Crippen LogP contribution in [0.4, 0.5) is 4.79 Å². The molecule has 0 radical (unpaired) electrons. The fraction of sp³-hybridized carbons (Fsp3) is 0.545. The maximum Gasteiger partial charge on any atom is 0.317 e. The van der Waals surface area contributed by atoms with E-state index in [4.69, 9.17) is 4.98 Å². The second-order valence-corrected chi connectivity index (χ2v) is 7.90. The number of piperidine rings is 1. The van der Waals surface area contributed by atoms with Crippen LogP contribution in [-0.4, -0.2) is 40.1 Å². The zero-order valence-corrected chi connectivity index (χ0v) is 16.1. The predicted octanol–water partition coefficient (Wildman–Crippen LogP) is 3.43. The predicted molar refractivity (Wildman–Crippen MR) is 107 cm³/mol. The number of carbonyl (C=O) groups is 1. The second kappa shape index (κ2) is 8.59. The molecule has 2 aliphatic rings. The topological polar surface area (TPSA) is 50.2 Å². The molecule has 1 aromatic heterocycles. The monoisotopic (exact) mass is 366 g/mol. The number of aryl methyl sites for hydroxylation is 2. The number of urea groups is 1. The molecule has 0 bridgehead atoms. The van der Waals surface area contributed by atoms with E-state index in [1.807, 2.05) is 4.90 Å². The molecule has 0 unspecified atom stereocenters. The highest BCUT2D eigenvalue weighted by Gasteiger charge is 2.22. The number of hydrogen-bond acceptors (Lipinski definition) is 2. The molecule has 3 heterocycles. The van der Waals surface area contributed by atoms with Crippen molar-refractivity contribution in [3.8, 4) is 0 Å². The van der Waals surface area contributed by atoms with Crippen LogP contribution >= 0.6 is 0 Å². The summed E-state index contributed by atoms with van der Waals surface area (Å²) in [6.45, 7) is 3.48. The second-order valence-electron chi connectivity index (χ2n) is 7.90. The molecule has 2 amide bonds. The maximum absolute atomic E-state index is 12.4. The molecule has 0 aliphatic carbocycles. The molecule has 1 fully saturated rings. The van der Waals surface area contributed by atoms with Crippen LogP contribution in [0, 0.1) is 5.92 Å². The molecular weight excluding hydrogens is 336 g/mol. The molecule has 0 spiro atoms. The van der Waals surface area contributed by atoms with Gasteiger partial charge in [-0.3, -0.25) is 0 Å². The van der Waals surface area contributed by atoms with E-state index in [9.17, 15) is 4.79 Å². The fourth-order valence-electron chi connectivity index (χ4n) is 4.29. The summed E-state index contributed by atoms with van der Waals surface area (Å²) in [6, 6.07) is 10.8. The lowest BCUT2D eigenvalue weighted by Gasteiger charge is -2.32. The number of nitrogens with zero attached hydrogens (tertiary/aromatic N) is 3. The average Bonchev–Trinajstić information content (AvgIpc) is 3.12. The van der Waals surface area contributed by atoms with Crippen LogP contribution in [0.15, 0.2) is 36.5 Å². The molecule has 0 atom stereocenters. The minimum absolute atomic E-state index is 0.0807.